The van der Waals surface area contributed by atoms with E-state index in [0.29, 0.717) is 17.5 Å². The van der Waals surface area contributed by atoms with Crippen LogP contribution in [0.3, 0.4) is 0 Å². The van der Waals surface area contributed by atoms with Gasteiger partial charge in [0.2, 0.25) is 0 Å². The Kier molecular flexibility index (Phi) is 7.14. The fraction of sp³-hybridized carbons (Fsp3) is 0. The lowest BCUT2D eigenvalue weighted by Gasteiger charge is -2.31. The van der Waals surface area contributed by atoms with Crippen LogP contribution in [0.5, 0.6) is 0 Å². The molecule has 0 radical (unpaired) electrons. The SMILES string of the molecule is c1ccc(-c2ccc(-c3nc(-c4ccccc4)nc(-c4cccc5c4-c4ccccc4[Si]5(c4ccccc4)c4ccccc4)n3)cc2)cc1. The maximum Gasteiger partial charge on any atom is 0.180 e. The highest BCUT2D eigenvalue weighted by molar-refractivity contribution is 7.22. The van der Waals surface area contributed by atoms with Gasteiger partial charge in [-0.3, -0.25) is 0 Å². The monoisotopic (exact) mass is 641 g/mol. The fourth-order valence-electron chi connectivity index (χ4n) is 7.46. The molecule has 2 heterocycles. The number of hydrogen-bond acceptors (Lipinski definition) is 3. The average Bonchev–Trinajstić information content (AvgIpc) is 3.50. The molecule has 49 heavy (non-hydrogen) atoms. The molecule has 230 valence electrons. The second kappa shape index (κ2) is 12.1. The van der Waals surface area contributed by atoms with Gasteiger partial charge in [0.25, 0.3) is 0 Å². The van der Waals surface area contributed by atoms with Crippen LogP contribution in [-0.4, -0.2) is 23.0 Å². The zero-order valence-electron chi connectivity index (χ0n) is 26.7. The predicted octanol–water partition coefficient (Wildman–Crippen LogP) is 7.90. The Morgan fingerprint density at radius 1 is 0.286 bits per heavy atom. The molecule has 0 amide bonds. The molecule has 1 aliphatic heterocycles. The molecule has 8 aromatic rings. The molecule has 0 saturated carbocycles. The lowest BCUT2D eigenvalue weighted by Crippen LogP contribution is -2.72. The molecule has 0 spiro atoms. The van der Waals surface area contributed by atoms with Crippen molar-refractivity contribution in [1.29, 1.82) is 0 Å². The maximum absolute atomic E-state index is 5.24. The number of hydrogen-bond donors (Lipinski definition) is 0. The molecule has 0 aliphatic carbocycles. The van der Waals surface area contributed by atoms with Crippen LogP contribution in [-0.2, 0) is 0 Å². The molecular weight excluding hydrogens is 611 g/mol. The van der Waals surface area contributed by atoms with E-state index < -0.39 is 8.07 Å². The zero-order chi connectivity index (χ0) is 32.6. The Labute approximate surface area is 287 Å². The average molecular weight is 642 g/mol. The van der Waals surface area contributed by atoms with Gasteiger partial charge in [0, 0.05) is 16.7 Å². The second-order valence-electron chi connectivity index (χ2n) is 12.4. The topological polar surface area (TPSA) is 38.7 Å². The van der Waals surface area contributed by atoms with Crippen molar-refractivity contribution in [2.75, 3.05) is 0 Å². The molecule has 4 heteroatoms. The molecule has 0 atom stereocenters. The zero-order valence-corrected chi connectivity index (χ0v) is 27.7. The van der Waals surface area contributed by atoms with Crippen LogP contribution in [0.4, 0.5) is 0 Å². The van der Waals surface area contributed by atoms with E-state index in [0.717, 1.165) is 22.3 Å². The number of aromatic nitrogens is 3. The van der Waals surface area contributed by atoms with Crippen LogP contribution in [0, 0.1) is 0 Å². The first kappa shape index (κ1) is 28.9. The summed E-state index contributed by atoms with van der Waals surface area (Å²) in [6, 6.07) is 67.0. The number of benzene rings is 7. The van der Waals surface area contributed by atoms with Gasteiger partial charge in [-0.2, -0.15) is 0 Å². The van der Waals surface area contributed by atoms with Crippen molar-refractivity contribution >= 4 is 28.8 Å². The van der Waals surface area contributed by atoms with Gasteiger partial charge in [-0.1, -0.05) is 188 Å². The van der Waals surface area contributed by atoms with Crippen LogP contribution in [0.25, 0.3) is 56.4 Å². The number of fused-ring (bicyclic) bond motifs is 3. The predicted molar refractivity (Wildman–Crippen MR) is 204 cm³/mol. The van der Waals surface area contributed by atoms with Crippen molar-refractivity contribution in [3.05, 3.63) is 188 Å². The minimum Gasteiger partial charge on any atom is -0.208 e. The molecule has 1 aromatic heterocycles. The maximum atomic E-state index is 5.24. The summed E-state index contributed by atoms with van der Waals surface area (Å²) < 4.78 is 0. The van der Waals surface area contributed by atoms with E-state index in [1.54, 1.807) is 0 Å². The second-order valence-corrected chi connectivity index (χ2v) is 16.1. The van der Waals surface area contributed by atoms with Gasteiger partial charge in [-0.15, -0.1) is 0 Å². The third kappa shape index (κ3) is 4.84. The molecule has 3 nitrogen and oxygen atoms in total. The summed E-state index contributed by atoms with van der Waals surface area (Å²) in [5.74, 6) is 1.99. The van der Waals surface area contributed by atoms with Gasteiger partial charge in [0.05, 0.1) is 0 Å². The van der Waals surface area contributed by atoms with E-state index in [9.17, 15) is 0 Å². The van der Waals surface area contributed by atoms with Gasteiger partial charge in [0.15, 0.2) is 25.5 Å². The van der Waals surface area contributed by atoms with Crippen LogP contribution < -0.4 is 20.7 Å². The third-order valence-electron chi connectivity index (χ3n) is 9.64. The standard InChI is InChI=1S/C45H31N3Si/c1-5-16-32(17-6-1)33-28-30-35(31-29-33)44-46-43(34-18-7-2-8-19-34)47-45(48-44)39-25-15-27-41-42(39)38-24-13-14-26-40(38)49(41,36-20-9-3-10-21-36)37-22-11-4-12-23-37/h1-31H. The highest BCUT2D eigenvalue weighted by Gasteiger charge is 2.49. The van der Waals surface area contributed by atoms with Crippen molar-refractivity contribution < 1.29 is 0 Å². The van der Waals surface area contributed by atoms with Crippen LogP contribution in [0.2, 0.25) is 0 Å². The summed E-state index contributed by atoms with van der Waals surface area (Å²) in [5.41, 5.74) is 7.73. The largest absolute Gasteiger partial charge is 0.208 e. The number of nitrogens with zero attached hydrogens (tertiary/aromatic N) is 3. The van der Waals surface area contributed by atoms with E-state index in [2.05, 4.69) is 164 Å². The van der Waals surface area contributed by atoms with Crippen molar-refractivity contribution in [3.63, 3.8) is 0 Å². The third-order valence-corrected chi connectivity index (χ3v) is 14.5. The van der Waals surface area contributed by atoms with Gasteiger partial charge in [-0.05, 0) is 43.0 Å². The summed E-state index contributed by atoms with van der Waals surface area (Å²) in [6.07, 6.45) is 0. The van der Waals surface area contributed by atoms with Crippen LogP contribution >= 0.6 is 0 Å². The summed E-state index contributed by atoms with van der Waals surface area (Å²) in [7, 11) is -2.65. The molecule has 0 unspecified atom stereocenters. The van der Waals surface area contributed by atoms with Crippen molar-refractivity contribution in [3.8, 4) is 56.4 Å². The highest BCUT2D eigenvalue weighted by atomic mass is 28.3. The van der Waals surface area contributed by atoms with E-state index >= 15 is 0 Å². The summed E-state index contributed by atoms with van der Waals surface area (Å²) in [5, 5.41) is 5.48. The first-order valence-electron chi connectivity index (χ1n) is 16.6. The lowest BCUT2D eigenvalue weighted by atomic mass is 9.99. The first-order chi connectivity index (χ1) is 24.3. The van der Waals surface area contributed by atoms with E-state index in [1.165, 1.54) is 37.4 Å². The smallest absolute Gasteiger partial charge is 0.180 e. The number of rotatable bonds is 6. The molecule has 7 aromatic carbocycles. The van der Waals surface area contributed by atoms with Gasteiger partial charge >= 0.3 is 0 Å². The van der Waals surface area contributed by atoms with E-state index in [-0.39, 0.29) is 0 Å². The van der Waals surface area contributed by atoms with E-state index in [1.807, 2.05) is 24.3 Å². The molecule has 0 bridgehead atoms. The Hall–Kier alpha value is -6.23. The van der Waals surface area contributed by atoms with Crippen molar-refractivity contribution in [1.82, 2.24) is 15.0 Å². The van der Waals surface area contributed by atoms with E-state index in [4.69, 9.17) is 15.0 Å². The molecule has 0 fully saturated rings. The quantitative estimate of drug-likeness (QED) is 0.173. The van der Waals surface area contributed by atoms with Crippen molar-refractivity contribution in [2.24, 2.45) is 0 Å². The normalized spacial score (nSPS) is 12.7. The van der Waals surface area contributed by atoms with Crippen molar-refractivity contribution in [2.45, 2.75) is 0 Å². The molecule has 0 N–H and O–H groups in total. The minimum atomic E-state index is -2.65. The fourth-order valence-corrected chi connectivity index (χ4v) is 12.7. The minimum absolute atomic E-state index is 0.655. The lowest BCUT2D eigenvalue weighted by molar-refractivity contribution is 1.07. The summed E-state index contributed by atoms with van der Waals surface area (Å²) in [4.78, 5) is 15.5. The Morgan fingerprint density at radius 2 is 0.694 bits per heavy atom. The van der Waals surface area contributed by atoms with Gasteiger partial charge < -0.3 is 0 Å². The Morgan fingerprint density at radius 3 is 1.31 bits per heavy atom. The molecule has 9 rings (SSSR count). The molecule has 0 saturated heterocycles. The Balaban J connectivity index is 1.29. The molecule has 1 aliphatic rings. The first-order valence-corrected chi connectivity index (χ1v) is 18.6. The van der Waals surface area contributed by atoms with Gasteiger partial charge in [0.1, 0.15) is 0 Å². The highest BCUT2D eigenvalue weighted by Crippen LogP contribution is 2.36. The van der Waals surface area contributed by atoms with Crippen LogP contribution in [0.15, 0.2) is 188 Å². The summed E-state index contributed by atoms with van der Waals surface area (Å²) in [6.45, 7) is 0. The Bertz CT molecular complexity index is 2370. The summed E-state index contributed by atoms with van der Waals surface area (Å²) >= 11 is 0. The molecular formula is C45H31N3Si. The van der Waals surface area contributed by atoms with Gasteiger partial charge in [-0.25, -0.2) is 15.0 Å². The van der Waals surface area contributed by atoms with Crippen LogP contribution in [0.1, 0.15) is 0 Å².